The van der Waals surface area contributed by atoms with Crippen molar-refractivity contribution in [1.29, 1.82) is 0 Å². The molecule has 1 atom stereocenters. The van der Waals surface area contributed by atoms with E-state index in [1.807, 2.05) is 6.92 Å². The van der Waals surface area contributed by atoms with Gasteiger partial charge in [-0.25, -0.2) is 4.39 Å². The standard InChI is InChI=1S/C7H15FO/c1-4-6(5-9)7(2,3)8/h6,9H,4-5H2,1-3H3. The second kappa shape index (κ2) is 3.16. The van der Waals surface area contributed by atoms with Crippen LogP contribution in [0.25, 0.3) is 0 Å². The van der Waals surface area contributed by atoms with Crippen LogP contribution in [0.2, 0.25) is 0 Å². The van der Waals surface area contributed by atoms with Crippen LogP contribution in [0.5, 0.6) is 0 Å². The molecule has 9 heavy (non-hydrogen) atoms. The third kappa shape index (κ3) is 2.80. The summed E-state index contributed by atoms with van der Waals surface area (Å²) in [6.07, 6.45) is 0.694. The van der Waals surface area contributed by atoms with Crippen molar-refractivity contribution in [1.82, 2.24) is 0 Å². The molecule has 0 aromatic rings. The van der Waals surface area contributed by atoms with Crippen molar-refractivity contribution in [3.8, 4) is 0 Å². The average Bonchev–Trinajstić information content (AvgIpc) is 1.65. The van der Waals surface area contributed by atoms with E-state index < -0.39 is 5.67 Å². The Morgan fingerprint density at radius 1 is 1.56 bits per heavy atom. The van der Waals surface area contributed by atoms with E-state index in [-0.39, 0.29) is 12.5 Å². The van der Waals surface area contributed by atoms with Crippen molar-refractivity contribution in [2.75, 3.05) is 6.61 Å². The van der Waals surface area contributed by atoms with E-state index >= 15 is 0 Å². The van der Waals surface area contributed by atoms with Gasteiger partial charge >= 0.3 is 0 Å². The highest BCUT2D eigenvalue weighted by atomic mass is 19.1. The van der Waals surface area contributed by atoms with Crippen LogP contribution in [-0.2, 0) is 0 Å². The quantitative estimate of drug-likeness (QED) is 0.623. The molecule has 0 aliphatic rings. The molecule has 0 aliphatic carbocycles. The van der Waals surface area contributed by atoms with E-state index in [0.717, 1.165) is 0 Å². The van der Waals surface area contributed by atoms with Crippen molar-refractivity contribution >= 4 is 0 Å². The van der Waals surface area contributed by atoms with Crippen molar-refractivity contribution in [2.45, 2.75) is 32.9 Å². The molecule has 1 nitrogen and oxygen atoms in total. The first-order valence-electron chi connectivity index (χ1n) is 3.32. The fraction of sp³-hybridized carbons (Fsp3) is 1.00. The maximum atomic E-state index is 12.9. The molecule has 0 fully saturated rings. The van der Waals surface area contributed by atoms with Crippen LogP contribution in [0.15, 0.2) is 0 Å². The number of rotatable bonds is 3. The van der Waals surface area contributed by atoms with Crippen LogP contribution in [0.4, 0.5) is 4.39 Å². The first-order valence-corrected chi connectivity index (χ1v) is 3.32. The predicted molar refractivity (Wildman–Crippen MR) is 36.1 cm³/mol. The normalized spacial score (nSPS) is 15.7. The Labute approximate surface area is 55.9 Å². The second-order valence-electron chi connectivity index (χ2n) is 2.85. The molecule has 0 aliphatic heterocycles. The van der Waals surface area contributed by atoms with E-state index in [9.17, 15) is 4.39 Å². The summed E-state index contributed by atoms with van der Waals surface area (Å²) in [4.78, 5) is 0. The highest BCUT2D eigenvalue weighted by Crippen LogP contribution is 2.23. The van der Waals surface area contributed by atoms with Gasteiger partial charge in [-0.2, -0.15) is 0 Å². The van der Waals surface area contributed by atoms with E-state index in [1.165, 1.54) is 13.8 Å². The Morgan fingerprint density at radius 2 is 2.00 bits per heavy atom. The Hall–Kier alpha value is -0.110. The predicted octanol–water partition coefficient (Wildman–Crippen LogP) is 1.75. The third-order valence-electron chi connectivity index (χ3n) is 1.68. The van der Waals surface area contributed by atoms with Crippen LogP contribution in [0.3, 0.4) is 0 Å². The summed E-state index contributed by atoms with van der Waals surface area (Å²) >= 11 is 0. The summed E-state index contributed by atoms with van der Waals surface area (Å²) in [5.74, 6) is -0.211. The molecule has 0 saturated heterocycles. The second-order valence-corrected chi connectivity index (χ2v) is 2.85. The molecule has 0 bridgehead atoms. The molecule has 0 aromatic carbocycles. The van der Waals surface area contributed by atoms with Gasteiger partial charge in [0.2, 0.25) is 0 Å². The number of hydrogen-bond donors (Lipinski definition) is 1. The van der Waals surface area contributed by atoms with Gasteiger partial charge < -0.3 is 5.11 Å². The largest absolute Gasteiger partial charge is 0.396 e. The van der Waals surface area contributed by atoms with Gasteiger partial charge in [0.25, 0.3) is 0 Å². The molecule has 1 unspecified atom stereocenters. The maximum Gasteiger partial charge on any atom is 0.110 e. The molecule has 0 saturated carbocycles. The minimum absolute atomic E-state index is 0.0556. The number of halogens is 1. The number of aliphatic hydroxyl groups is 1. The lowest BCUT2D eigenvalue weighted by molar-refractivity contribution is 0.0696. The summed E-state index contributed by atoms with van der Waals surface area (Å²) in [5.41, 5.74) is -1.23. The summed E-state index contributed by atoms with van der Waals surface area (Å²) in [6, 6.07) is 0. The molecular weight excluding hydrogens is 119 g/mol. The minimum atomic E-state index is -1.23. The molecule has 0 heterocycles. The lowest BCUT2D eigenvalue weighted by atomic mass is 9.91. The van der Waals surface area contributed by atoms with Crippen LogP contribution >= 0.6 is 0 Å². The molecule has 0 rings (SSSR count). The zero-order valence-electron chi connectivity index (χ0n) is 6.32. The van der Waals surface area contributed by atoms with Gasteiger partial charge in [-0.15, -0.1) is 0 Å². The lowest BCUT2D eigenvalue weighted by Crippen LogP contribution is -2.28. The van der Waals surface area contributed by atoms with Crippen LogP contribution < -0.4 is 0 Å². The topological polar surface area (TPSA) is 20.2 Å². The molecule has 0 amide bonds. The number of hydrogen-bond acceptors (Lipinski definition) is 1. The third-order valence-corrected chi connectivity index (χ3v) is 1.68. The molecule has 2 heteroatoms. The Bertz CT molecular complexity index is 71.5. The Morgan fingerprint density at radius 3 is 2.00 bits per heavy atom. The SMILES string of the molecule is CCC(CO)C(C)(C)F. The molecule has 0 spiro atoms. The Balaban J connectivity index is 3.79. The first kappa shape index (κ1) is 8.89. The first-order chi connectivity index (χ1) is 4.02. The molecule has 1 N–H and O–H groups in total. The molecular formula is C7H15FO. The van der Waals surface area contributed by atoms with E-state index in [2.05, 4.69) is 0 Å². The van der Waals surface area contributed by atoms with Gasteiger partial charge in [-0.1, -0.05) is 6.92 Å². The van der Waals surface area contributed by atoms with Crippen LogP contribution in [-0.4, -0.2) is 17.4 Å². The lowest BCUT2D eigenvalue weighted by Gasteiger charge is -2.23. The molecule has 0 radical (unpaired) electrons. The van der Waals surface area contributed by atoms with Gasteiger partial charge in [0, 0.05) is 12.5 Å². The van der Waals surface area contributed by atoms with Crippen molar-refractivity contribution in [3.63, 3.8) is 0 Å². The van der Waals surface area contributed by atoms with Crippen LogP contribution in [0, 0.1) is 5.92 Å². The molecule has 56 valence electrons. The highest BCUT2D eigenvalue weighted by molar-refractivity contribution is 4.75. The van der Waals surface area contributed by atoms with Gasteiger partial charge in [0.15, 0.2) is 0 Å². The zero-order chi connectivity index (χ0) is 7.49. The molecule has 0 aromatic heterocycles. The number of alkyl halides is 1. The summed E-state index contributed by atoms with van der Waals surface area (Å²) in [5, 5.41) is 8.62. The van der Waals surface area contributed by atoms with Crippen molar-refractivity contribution in [3.05, 3.63) is 0 Å². The number of aliphatic hydroxyl groups excluding tert-OH is 1. The van der Waals surface area contributed by atoms with Crippen molar-refractivity contribution in [2.24, 2.45) is 5.92 Å². The summed E-state index contributed by atoms with van der Waals surface area (Å²) in [7, 11) is 0. The summed E-state index contributed by atoms with van der Waals surface area (Å²) < 4.78 is 12.9. The fourth-order valence-corrected chi connectivity index (χ4v) is 0.832. The van der Waals surface area contributed by atoms with Gasteiger partial charge in [0.1, 0.15) is 5.67 Å². The summed E-state index contributed by atoms with van der Waals surface area (Å²) in [6.45, 7) is 4.82. The van der Waals surface area contributed by atoms with E-state index in [4.69, 9.17) is 5.11 Å². The Kier molecular flexibility index (Phi) is 3.12. The maximum absolute atomic E-state index is 12.9. The minimum Gasteiger partial charge on any atom is -0.396 e. The van der Waals surface area contributed by atoms with E-state index in [0.29, 0.717) is 6.42 Å². The monoisotopic (exact) mass is 134 g/mol. The van der Waals surface area contributed by atoms with Gasteiger partial charge in [-0.3, -0.25) is 0 Å². The highest BCUT2D eigenvalue weighted by Gasteiger charge is 2.26. The average molecular weight is 134 g/mol. The fourth-order valence-electron chi connectivity index (χ4n) is 0.832. The smallest absolute Gasteiger partial charge is 0.110 e. The van der Waals surface area contributed by atoms with Gasteiger partial charge in [0.05, 0.1) is 0 Å². The zero-order valence-corrected chi connectivity index (χ0v) is 6.32. The van der Waals surface area contributed by atoms with Gasteiger partial charge in [-0.05, 0) is 20.3 Å². The van der Waals surface area contributed by atoms with E-state index in [1.54, 1.807) is 0 Å². The van der Waals surface area contributed by atoms with Crippen LogP contribution in [0.1, 0.15) is 27.2 Å². The van der Waals surface area contributed by atoms with Crippen molar-refractivity contribution < 1.29 is 9.50 Å².